The van der Waals surface area contributed by atoms with Crippen molar-refractivity contribution in [3.05, 3.63) is 12.2 Å². The Kier molecular flexibility index (Phi) is 4.52. The van der Waals surface area contributed by atoms with Gasteiger partial charge >= 0.3 is 0 Å². The van der Waals surface area contributed by atoms with Crippen molar-refractivity contribution in [2.75, 3.05) is 0 Å². The molecule has 6 unspecified atom stereocenters. The van der Waals surface area contributed by atoms with E-state index < -0.39 is 0 Å². The molecule has 4 saturated carbocycles. The zero-order chi connectivity index (χ0) is 16.0. The predicted octanol–water partition coefficient (Wildman–Crippen LogP) is 7.00. The Morgan fingerprint density at radius 3 is 2.45 bits per heavy atom. The number of hydrogen-bond acceptors (Lipinski definition) is 0. The van der Waals surface area contributed by atoms with E-state index in [1.54, 1.807) is 18.4 Å². The van der Waals surface area contributed by atoms with Crippen molar-refractivity contribution in [2.24, 2.45) is 34.5 Å². The highest BCUT2D eigenvalue weighted by atomic mass is 14.6. The fourth-order valence-electron chi connectivity index (χ4n) is 7.15. The Balaban J connectivity index is 0.000000693. The van der Waals surface area contributed by atoms with E-state index in [2.05, 4.69) is 20.4 Å². The minimum atomic E-state index is 0.661. The summed E-state index contributed by atoms with van der Waals surface area (Å²) in [5, 5.41) is 0. The number of allylic oxidation sites excluding steroid dienone is 1. The number of hydrogen-bond donors (Lipinski definition) is 0. The van der Waals surface area contributed by atoms with E-state index >= 15 is 0 Å². The molecule has 0 saturated heterocycles. The van der Waals surface area contributed by atoms with Crippen LogP contribution in [0.2, 0.25) is 0 Å². The third-order valence-electron chi connectivity index (χ3n) is 8.40. The maximum Gasteiger partial charge on any atom is -0.0260 e. The van der Waals surface area contributed by atoms with Crippen LogP contribution < -0.4 is 0 Å². The largest absolute Gasteiger partial charge is 0.0999 e. The van der Waals surface area contributed by atoms with E-state index in [1.807, 2.05) is 13.8 Å². The lowest BCUT2D eigenvalue weighted by atomic mass is 9.45. The second-order valence-electron chi connectivity index (χ2n) is 9.20. The zero-order valence-electron chi connectivity index (χ0n) is 15.6. The van der Waals surface area contributed by atoms with Crippen molar-refractivity contribution in [1.82, 2.24) is 0 Å². The first-order valence-corrected chi connectivity index (χ1v) is 10.2. The molecule has 4 aliphatic rings. The van der Waals surface area contributed by atoms with Gasteiger partial charge in [0, 0.05) is 0 Å². The Hall–Kier alpha value is -0.260. The van der Waals surface area contributed by atoms with Crippen molar-refractivity contribution in [2.45, 2.75) is 91.9 Å². The van der Waals surface area contributed by atoms with Crippen LogP contribution in [-0.4, -0.2) is 0 Å². The van der Waals surface area contributed by atoms with Crippen LogP contribution in [0, 0.1) is 34.5 Å². The summed E-state index contributed by atoms with van der Waals surface area (Å²) in [6, 6.07) is 0. The molecule has 0 aromatic carbocycles. The van der Waals surface area contributed by atoms with Crippen LogP contribution in [-0.2, 0) is 0 Å². The van der Waals surface area contributed by atoms with Crippen LogP contribution in [0.5, 0.6) is 0 Å². The van der Waals surface area contributed by atoms with Crippen LogP contribution in [0.25, 0.3) is 0 Å². The third-order valence-corrected chi connectivity index (χ3v) is 8.40. The molecule has 0 N–H and O–H groups in total. The Morgan fingerprint density at radius 2 is 1.68 bits per heavy atom. The molecule has 0 aromatic heterocycles. The van der Waals surface area contributed by atoms with Gasteiger partial charge in [-0.3, -0.25) is 0 Å². The SMILES string of the molecule is C=C1CCC2(C)C(CCC3C4CCCC4(C)CCC32)C1.CC. The summed E-state index contributed by atoms with van der Waals surface area (Å²) in [5.41, 5.74) is 2.93. The molecule has 0 spiro atoms. The standard InChI is InChI=1S/C20H32.C2H6/c1-14-8-12-20(3)15(13-14)6-7-16-17-5-4-10-19(17,2)11-9-18(16)20;1-2/h15-18H,1,4-13H2,2-3H3;1-2H3. The van der Waals surface area contributed by atoms with E-state index in [1.165, 1.54) is 51.4 Å². The lowest BCUT2D eigenvalue weighted by Gasteiger charge is -2.60. The van der Waals surface area contributed by atoms with Gasteiger partial charge < -0.3 is 0 Å². The van der Waals surface area contributed by atoms with E-state index in [0.29, 0.717) is 5.41 Å². The van der Waals surface area contributed by atoms with Crippen molar-refractivity contribution in [3.63, 3.8) is 0 Å². The molecule has 126 valence electrons. The predicted molar refractivity (Wildman–Crippen MR) is 96.8 cm³/mol. The van der Waals surface area contributed by atoms with Gasteiger partial charge in [0.25, 0.3) is 0 Å². The van der Waals surface area contributed by atoms with Crippen molar-refractivity contribution in [1.29, 1.82) is 0 Å². The second-order valence-corrected chi connectivity index (χ2v) is 9.20. The van der Waals surface area contributed by atoms with Gasteiger partial charge in [-0.1, -0.05) is 46.3 Å². The molecule has 0 heteroatoms. The first-order chi connectivity index (χ1) is 10.5. The van der Waals surface area contributed by atoms with Crippen LogP contribution in [0.1, 0.15) is 91.9 Å². The van der Waals surface area contributed by atoms with E-state index in [-0.39, 0.29) is 0 Å². The molecule has 0 nitrogen and oxygen atoms in total. The summed E-state index contributed by atoms with van der Waals surface area (Å²) in [4.78, 5) is 0. The van der Waals surface area contributed by atoms with Crippen LogP contribution in [0.15, 0.2) is 12.2 Å². The first-order valence-electron chi connectivity index (χ1n) is 10.2. The molecule has 4 aliphatic carbocycles. The van der Waals surface area contributed by atoms with E-state index in [0.717, 1.165) is 29.1 Å². The van der Waals surface area contributed by atoms with Gasteiger partial charge in [0.15, 0.2) is 0 Å². The minimum Gasteiger partial charge on any atom is -0.0999 e. The summed E-state index contributed by atoms with van der Waals surface area (Å²) in [6.07, 6.45) is 14.8. The summed E-state index contributed by atoms with van der Waals surface area (Å²) in [7, 11) is 0. The van der Waals surface area contributed by atoms with Crippen molar-refractivity contribution < 1.29 is 0 Å². The monoisotopic (exact) mass is 302 g/mol. The molecule has 6 atom stereocenters. The number of rotatable bonds is 0. The molecule has 0 bridgehead atoms. The van der Waals surface area contributed by atoms with Gasteiger partial charge in [0.1, 0.15) is 0 Å². The summed E-state index contributed by atoms with van der Waals surface area (Å²) in [6.45, 7) is 13.6. The van der Waals surface area contributed by atoms with Crippen molar-refractivity contribution in [3.8, 4) is 0 Å². The Morgan fingerprint density at radius 1 is 0.909 bits per heavy atom. The lowest BCUT2D eigenvalue weighted by molar-refractivity contribution is -0.0963. The normalized spacial score (nSPS) is 50.3. The summed E-state index contributed by atoms with van der Waals surface area (Å²) < 4.78 is 0. The average molecular weight is 303 g/mol. The summed E-state index contributed by atoms with van der Waals surface area (Å²) >= 11 is 0. The maximum atomic E-state index is 4.30. The van der Waals surface area contributed by atoms with Gasteiger partial charge in [0.2, 0.25) is 0 Å². The molecular weight excluding hydrogens is 264 g/mol. The van der Waals surface area contributed by atoms with E-state index in [4.69, 9.17) is 0 Å². The van der Waals surface area contributed by atoms with Gasteiger partial charge in [0.05, 0.1) is 0 Å². The highest BCUT2D eigenvalue weighted by molar-refractivity contribution is 5.12. The van der Waals surface area contributed by atoms with Crippen LogP contribution >= 0.6 is 0 Å². The summed E-state index contributed by atoms with van der Waals surface area (Å²) in [5.74, 6) is 4.16. The quantitative estimate of drug-likeness (QED) is 0.422. The Labute approximate surface area is 139 Å². The highest BCUT2D eigenvalue weighted by Gasteiger charge is 2.57. The molecule has 0 heterocycles. The third kappa shape index (κ3) is 2.40. The molecule has 0 radical (unpaired) electrons. The first kappa shape index (κ1) is 16.6. The van der Waals surface area contributed by atoms with Gasteiger partial charge in [-0.2, -0.15) is 0 Å². The highest BCUT2D eigenvalue weighted by Crippen LogP contribution is 2.66. The number of fused-ring (bicyclic) bond motifs is 5. The van der Waals surface area contributed by atoms with Crippen molar-refractivity contribution >= 4 is 0 Å². The van der Waals surface area contributed by atoms with Gasteiger partial charge in [-0.25, -0.2) is 0 Å². The maximum absolute atomic E-state index is 4.30. The zero-order valence-corrected chi connectivity index (χ0v) is 15.6. The Bertz CT molecular complexity index is 422. The molecule has 4 rings (SSSR count). The average Bonchev–Trinajstić information content (AvgIpc) is 2.92. The lowest BCUT2D eigenvalue weighted by Crippen LogP contribution is -2.51. The molecule has 0 aliphatic heterocycles. The second kappa shape index (κ2) is 5.99. The fourth-order valence-corrected chi connectivity index (χ4v) is 7.15. The molecule has 0 aromatic rings. The van der Waals surface area contributed by atoms with Gasteiger partial charge in [-0.05, 0) is 92.3 Å². The molecular formula is C22H38. The molecule has 0 amide bonds. The fraction of sp³-hybridized carbons (Fsp3) is 0.909. The van der Waals surface area contributed by atoms with Gasteiger partial charge in [-0.15, -0.1) is 0 Å². The van der Waals surface area contributed by atoms with E-state index in [9.17, 15) is 0 Å². The van der Waals surface area contributed by atoms with Crippen LogP contribution in [0.4, 0.5) is 0 Å². The minimum absolute atomic E-state index is 0.661. The molecule has 4 fully saturated rings. The van der Waals surface area contributed by atoms with Crippen LogP contribution in [0.3, 0.4) is 0 Å². The smallest absolute Gasteiger partial charge is 0.0260 e. The topological polar surface area (TPSA) is 0 Å². The molecule has 22 heavy (non-hydrogen) atoms.